The summed E-state index contributed by atoms with van der Waals surface area (Å²) in [5, 5.41) is 3.66. The number of hydrogen-bond acceptors (Lipinski definition) is 3. The van der Waals surface area contributed by atoms with Crippen molar-refractivity contribution in [2.75, 3.05) is 13.2 Å². The first kappa shape index (κ1) is 12.2. The highest BCUT2D eigenvalue weighted by atomic mass is 16.5. The third-order valence-corrected chi connectivity index (χ3v) is 4.56. The van der Waals surface area contributed by atoms with Crippen molar-refractivity contribution in [2.24, 2.45) is 5.41 Å². The summed E-state index contributed by atoms with van der Waals surface area (Å²) in [6, 6.07) is 4.27. The predicted octanol–water partition coefficient (Wildman–Crippen LogP) is 3.28. The molecule has 0 radical (unpaired) electrons. The van der Waals surface area contributed by atoms with Crippen molar-refractivity contribution in [3.8, 4) is 0 Å². The fourth-order valence-corrected chi connectivity index (χ4v) is 3.35. The minimum atomic E-state index is 0.0568. The van der Waals surface area contributed by atoms with Gasteiger partial charge in [0.25, 0.3) is 0 Å². The van der Waals surface area contributed by atoms with Crippen molar-refractivity contribution >= 4 is 0 Å². The second-order valence-corrected chi connectivity index (χ2v) is 5.98. The molecule has 3 rings (SSSR count). The zero-order valence-corrected chi connectivity index (χ0v) is 11.2. The van der Waals surface area contributed by atoms with Gasteiger partial charge in [0.1, 0.15) is 11.9 Å². The second-order valence-electron chi connectivity index (χ2n) is 5.98. The molecule has 3 heteroatoms. The fraction of sp³-hybridized carbons (Fsp3) is 0.733. The van der Waals surface area contributed by atoms with Gasteiger partial charge < -0.3 is 14.5 Å². The Bertz CT molecular complexity index is 368. The van der Waals surface area contributed by atoms with Crippen molar-refractivity contribution in [2.45, 2.75) is 51.2 Å². The summed E-state index contributed by atoms with van der Waals surface area (Å²) in [6.07, 6.45) is 8.48. The Hall–Kier alpha value is -0.800. The SMILES string of the molecule is CC1NCC2(CCCCC2)COC1c1ccco1. The topological polar surface area (TPSA) is 34.4 Å². The number of rotatable bonds is 1. The highest BCUT2D eigenvalue weighted by Crippen LogP contribution is 2.39. The Balaban J connectivity index is 1.73. The summed E-state index contributed by atoms with van der Waals surface area (Å²) in [5.41, 5.74) is 0.369. The molecular weight excluding hydrogens is 226 g/mol. The standard InChI is InChI=1S/C15H23NO2/c1-12-14(13-6-5-9-17-13)18-11-15(10-16-12)7-3-2-4-8-15/h5-6,9,12,14,16H,2-4,7-8,10-11H2,1H3. The molecule has 1 aromatic heterocycles. The lowest BCUT2D eigenvalue weighted by Gasteiger charge is -2.35. The lowest BCUT2D eigenvalue weighted by Crippen LogP contribution is -2.39. The van der Waals surface area contributed by atoms with Crippen molar-refractivity contribution < 1.29 is 9.15 Å². The first-order valence-electron chi connectivity index (χ1n) is 7.18. The monoisotopic (exact) mass is 249 g/mol. The zero-order chi connectivity index (χ0) is 12.4. The van der Waals surface area contributed by atoms with Crippen LogP contribution in [0.5, 0.6) is 0 Å². The molecule has 18 heavy (non-hydrogen) atoms. The number of furan rings is 1. The Kier molecular flexibility index (Phi) is 3.44. The van der Waals surface area contributed by atoms with Gasteiger partial charge in [0, 0.05) is 18.0 Å². The van der Waals surface area contributed by atoms with Crippen LogP contribution < -0.4 is 5.32 Å². The third-order valence-electron chi connectivity index (χ3n) is 4.56. The van der Waals surface area contributed by atoms with Crippen LogP contribution in [-0.4, -0.2) is 19.2 Å². The zero-order valence-electron chi connectivity index (χ0n) is 11.2. The third kappa shape index (κ3) is 2.34. The van der Waals surface area contributed by atoms with Crippen LogP contribution in [0.25, 0.3) is 0 Å². The molecule has 100 valence electrons. The molecule has 1 saturated carbocycles. The molecule has 1 aliphatic heterocycles. The molecule has 0 bridgehead atoms. The largest absolute Gasteiger partial charge is 0.467 e. The van der Waals surface area contributed by atoms with E-state index in [1.165, 1.54) is 32.1 Å². The van der Waals surface area contributed by atoms with Crippen molar-refractivity contribution in [3.05, 3.63) is 24.2 Å². The number of ether oxygens (including phenoxy) is 1. The highest BCUT2D eigenvalue weighted by molar-refractivity contribution is 5.06. The molecule has 3 nitrogen and oxygen atoms in total. The summed E-state index contributed by atoms with van der Waals surface area (Å²) in [5.74, 6) is 0.947. The molecule has 1 aliphatic carbocycles. The van der Waals surface area contributed by atoms with Gasteiger partial charge >= 0.3 is 0 Å². The van der Waals surface area contributed by atoms with E-state index in [4.69, 9.17) is 9.15 Å². The quantitative estimate of drug-likeness (QED) is 0.829. The lowest BCUT2D eigenvalue weighted by molar-refractivity contribution is -0.0195. The van der Waals surface area contributed by atoms with Crippen molar-refractivity contribution in [1.29, 1.82) is 0 Å². The van der Waals surface area contributed by atoms with Gasteiger partial charge in [-0.15, -0.1) is 0 Å². The molecule has 1 aromatic rings. The highest BCUT2D eigenvalue weighted by Gasteiger charge is 2.38. The second kappa shape index (κ2) is 5.06. The molecule has 2 heterocycles. The van der Waals surface area contributed by atoms with Gasteiger partial charge in [-0.1, -0.05) is 19.3 Å². The first-order chi connectivity index (χ1) is 8.79. The van der Waals surface area contributed by atoms with Gasteiger partial charge in [-0.25, -0.2) is 0 Å². The molecule has 0 aromatic carbocycles. The van der Waals surface area contributed by atoms with Gasteiger partial charge in [-0.3, -0.25) is 0 Å². The van der Waals surface area contributed by atoms with E-state index >= 15 is 0 Å². The van der Waals surface area contributed by atoms with E-state index in [0.29, 0.717) is 11.5 Å². The lowest BCUT2D eigenvalue weighted by atomic mass is 9.74. The molecule has 1 spiro atoms. The molecule has 1 N–H and O–H groups in total. The molecule has 2 fully saturated rings. The summed E-state index contributed by atoms with van der Waals surface area (Å²) in [4.78, 5) is 0. The molecule has 1 saturated heterocycles. The average Bonchev–Trinajstić information content (AvgIpc) is 2.87. The maximum atomic E-state index is 6.20. The van der Waals surface area contributed by atoms with Crippen LogP contribution in [0, 0.1) is 5.41 Å². The Morgan fingerprint density at radius 1 is 1.28 bits per heavy atom. The van der Waals surface area contributed by atoms with Gasteiger partial charge in [0.2, 0.25) is 0 Å². The summed E-state index contributed by atoms with van der Waals surface area (Å²) < 4.78 is 11.7. The number of hydrogen-bond donors (Lipinski definition) is 1. The Labute approximate surface area is 109 Å². The predicted molar refractivity (Wildman–Crippen MR) is 70.4 cm³/mol. The van der Waals surface area contributed by atoms with Gasteiger partial charge in [0.05, 0.1) is 12.9 Å². The van der Waals surface area contributed by atoms with Crippen LogP contribution in [0.1, 0.15) is 50.9 Å². The Morgan fingerprint density at radius 3 is 2.83 bits per heavy atom. The fourth-order valence-electron chi connectivity index (χ4n) is 3.35. The van der Waals surface area contributed by atoms with Crippen molar-refractivity contribution in [3.63, 3.8) is 0 Å². The summed E-state index contributed by atoms with van der Waals surface area (Å²) >= 11 is 0. The van der Waals surface area contributed by atoms with E-state index < -0.39 is 0 Å². The summed E-state index contributed by atoms with van der Waals surface area (Å²) in [6.45, 7) is 4.15. The molecular formula is C15H23NO2. The van der Waals surface area contributed by atoms with E-state index in [0.717, 1.165) is 18.9 Å². The normalized spacial score (nSPS) is 32.3. The van der Waals surface area contributed by atoms with E-state index in [-0.39, 0.29) is 6.10 Å². The van der Waals surface area contributed by atoms with Crippen LogP contribution in [0.15, 0.2) is 22.8 Å². The van der Waals surface area contributed by atoms with Gasteiger partial charge in [-0.05, 0) is 31.9 Å². The smallest absolute Gasteiger partial charge is 0.134 e. The van der Waals surface area contributed by atoms with Crippen LogP contribution in [0.4, 0.5) is 0 Å². The maximum Gasteiger partial charge on any atom is 0.134 e. The minimum Gasteiger partial charge on any atom is -0.467 e. The van der Waals surface area contributed by atoms with Crippen LogP contribution >= 0.6 is 0 Å². The summed E-state index contributed by atoms with van der Waals surface area (Å²) in [7, 11) is 0. The maximum absolute atomic E-state index is 6.20. The van der Waals surface area contributed by atoms with Gasteiger partial charge in [0.15, 0.2) is 0 Å². The molecule has 2 unspecified atom stereocenters. The first-order valence-corrected chi connectivity index (χ1v) is 7.18. The number of nitrogens with one attached hydrogen (secondary N) is 1. The van der Waals surface area contributed by atoms with E-state index in [1.54, 1.807) is 6.26 Å². The van der Waals surface area contributed by atoms with E-state index in [1.807, 2.05) is 12.1 Å². The average molecular weight is 249 g/mol. The molecule has 2 aliphatic rings. The van der Waals surface area contributed by atoms with Gasteiger partial charge in [-0.2, -0.15) is 0 Å². The molecule has 0 amide bonds. The minimum absolute atomic E-state index is 0.0568. The van der Waals surface area contributed by atoms with Crippen LogP contribution in [0.3, 0.4) is 0 Å². The van der Waals surface area contributed by atoms with E-state index in [2.05, 4.69) is 12.2 Å². The Morgan fingerprint density at radius 2 is 2.11 bits per heavy atom. The van der Waals surface area contributed by atoms with E-state index in [9.17, 15) is 0 Å². The van der Waals surface area contributed by atoms with Crippen molar-refractivity contribution in [1.82, 2.24) is 5.32 Å². The van der Waals surface area contributed by atoms with Crippen LogP contribution in [-0.2, 0) is 4.74 Å². The van der Waals surface area contributed by atoms with Crippen LogP contribution in [0.2, 0.25) is 0 Å². The molecule has 2 atom stereocenters.